The van der Waals surface area contributed by atoms with E-state index in [-0.39, 0.29) is 25.5 Å². The number of amides is 1. The molecule has 10 heteroatoms. The number of tetrazole rings is 1. The van der Waals surface area contributed by atoms with Gasteiger partial charge in [-0.2, -0.15) is 4.68 Å². The molecule has 1 unspecified atom stereocenters. The van der Waals surface area contributed by atoms with Crippen molar-refractivity contribution in [1.82, 2.24) is 25.1 Å². The van der Waals surface area contributed by atoms with Gasteiger partial charge in [0.1, 0.15) is 6.33 Å². The Labute approximate surface area is 141 Å². The maximum Gasteiger partial charge on any atom is 0.306 e. The van der Waals surface area contributed by atoms with E-state index >= 15 is 0 Å². The number of carbonyl (C=O) groups is 2. The van der Waals surface area contributed by atoms with Gasteiger partial charge < -0.3 is 14.7 Å². The summed E-state index contributed by atoms with van der Waals surface area (Å²) in [6, 6.07) is 4.84. The summed E-state index contributed by atoms with van der Waals surface area (Å²) in [5, 5.41) is 20.2. The smallest absolute Gasteiger partial charge is 0.306 e. The van der Waals surface area contributed by atoms with Crippen LogP contribution in [0.3, 0.4) is 0 Å². The van der Waals surface area contributed by atoms with Crippen LogP contribution < -0.4 is 0 Å². The molecule has 0 bridgehead atoms. The topological polar surface area (TPSA) is 110 Å². The number of carboxylic acid groups (broad SMARTS) is 1. The van der Waals surface area contributed by atoms with Crippen LogP contribution in [0.5, 0.6) is 0 Å². The Kier molecular flexibility index (Phi) is 4.72. The summed E-state index contributed by atoms with van der Waals surface area (Å²) in [7, 11) is 0. The Hall–Kier alpha value is -2.52. The lowest BCUT2D eigenvalue weighted by Crippen LogP contribution is -2.46. The molecule has 1 aromatic carbocycles. The fraction of sp³-hybridized carbons (Fsp3) is 0.357. The fourth-order valence-electron chi connectivity index (χ4n) is 2.54. The number of carboxylic acids is 1. The van der Waals surface area contributed by atoms with Crippen molar-refractivity contribution in [3.05, 3.63) is 35.1 Å². The minimum atomic E-state index is -0.966. The molecule has 24 heavy (non-hydrogen) atoms. The zero-order chi connectivity index (χ0) is 17.1. The molecule has 9 nitrogen and oxygen atoms in total. The van der Waals surface area contributed by atoms with Gasteiger partial charge in [-0.1, -0.05) is 11.6 Å². The van der Waals surface area contributed by atoms with Crippen LogP contribution >= 0.6 is 11.6 Å². The summed E-state index contributed by atoms with van der Waals surface area (Å²) >= 11 is 6.02. The number of rotatable bonds is 4. The molecule has 1 N–H and O–H groups in total. The van der Waals surface area contributed by atoms with Crippen LogP contribution in [0.4, 0.5) is 0 Å². The first-order valence-electron chi connectivity index (χ1n) is 7.20. The number of benzene rings is 1. The Balaban J connectivity index is 1.87. The summed E-state index contributed by atoms with van der Waals surface area (Å²) in [5.74, 6) is -1.24. The third-order valence-corrected chi connectivity index (χ3v) is 3.85. The Morgan fingerprint density at radius 3 is 2.96 bits per heavy atom. The molecule has 0 aliphatic carbocycles. The van der Waals surface area contributed by atoms with Gasteiger partial charge in [-0.05, 0) is 28.6 Å². The van der Waals surface area contributed by atoms with Crippen LogP contribution in [0.15, 0.2) is 24.5 Å². The molecular formula is C14H14ClN5O4. The van der Waals surface area contributed by atoms with E-state index in [1.165, 1.54) is 11.0 Å². The van der Waals surface area contributed by atoms with E-state index in [1.807, 2.05) is 0 Å². The van der Waals surface area contributed by atoms with Gasteiger partial charge in [-0.3, -0.25) is 9.59 Å². The van der Waals surface area contributed by atoms with E-state index < -0.39 is 12.1 Å². The van der Waals surface area contributed by atoms with Crippen LogP contribution in [0, 0.1) is 0 Å². The molecule has 1 fully saturated rings. The Bertz CT molecular complexity index is 752. The number of morpholine rings is 1. The van der Waals surface area contributed by atoms with Gasteiger partial charge in [0.15, 0.2) is 0 Å². The summed E-state index contributed by atoms with van der Waals surface area (Å²) in [5.41, 5.74) is 0.835. The molecule has 2 aromatic rings. The normalized spacial score (nSPS) is 17.7. The number of nitrogens with zero attached hydrogens (tertiary/aromatic N) is 5. The van der Waals surface area contributed by atoms with Gasteiger partial charge in [0, 0.05) is 18.1 Å². The number of ether oxygens (including phenoxy) is 1. The molecule has 1 aliphatic heterocycles. The average molecular weight is 352 g/mol. The third-order valence-electron chi connectivity index (χ3n) is 3.61. The lowest BCUT2D eigenvalue weighted by molar-refractivity contribution is -0.141. The fourth-order valence-corrected chi connectivity index (χ4v) is 2.72. The largest absolute Gasteiger partial charge is 0.481 e. The highest BCUT2D eigenvalue weighted by molar-refractivity contribution is 6.31. The first-order chi connectivity index (χ1) is 11.5. The van der Waals surface area contributed by atoms with E-state index in [9.17, 15) is 9.59 Å². The number of aromatic nitrogens is 4. The minimum Gasteiger partial charge on any atom is -0.481 e. The van der Waals surface area contributed by atoms with Gasteiger partial charge in [-0.25, -0.2) is 0 Å². The quantitative estimate of drug-likeness (QED) is 0.860. The van der Waals surface area contributed by atoms with Crippen molar-refractivity contribution < 1.29 is 19.4 Å². The minimum absolute atomic E-state index is 0.154. The summed E-state index contributed by atoms with van der Waals surface area (Å²) < 4.78 is 6.77. The first kappa shape index (κ1) is 16.3. The summed E-state index contributed by atoms with van der Waals surface area (Å²) in [6.45, 7) is 0.855. The summed E-state index contributed by atoms with van der Waals surface area (Å²) in [4.78, 5) is 25.3. The predicted molar refractivity (Wildman–Crippen MR) is 82.1 cm³/mol. The number of aliphatic carboxylic acids is 1. The average Bonchev–Trinajstić information content (AvgIpc) is 3.08. The van der Waals surface area contributed by atoms with Crippen molar-refractivity contribution in [2.24, 2.45) is 0 Å². The van der Waals surface area contributed by atoms with Crippen LogP contribution in [-0.4, -0.2) is 67.9 Å². The zero-order valence-corrected chi connectivity index (χ0v) is 13.3. The van der Waals surface area contributed by atoms with Gasteiger partial charge in [0.2, 0.25) is 0 Å². The van der Waals surface area contributed by atoms with E-state index in [1.54, 1.807) is 23.1 Å². The second kappa shape index (κ2) is 6.93. The molecule has 1 aromatic heterocycles. The van der Waals surface area contributed by atoms with Crippen LogP contribution in [-0.2, 0) is 9.53 Å². The van der Waals surface area contributed by atoms with Crippen LogP contribution in [0.1, 0.15) is 16.8 Å². The van der Waals surface area contributed by atoms with Crippen molar-refractivity contribution in [2.45, 2.75) is 12.5 Å². The highest BCUT2D eigenvalue weighted by atomic mass is 35.5. The van der Waals surface area contributed by atoms with Gasteiger partial charge in [0.05, 0.1) is 30.4 Å². The van der Waals surface area contributed by atoms with Crippen molar-refractivity contribution in [3.63, 3.8) is 0 Å². The number of carbonyl (C=O) groups excluding carboxylic acids is 1. The molecule has 0 radical (unpaired) electrons. The molecule has 0 saturated carbocycles. The van der Waals surface area contributed by atoms with Crippen molar-refractivity contribution >= 4 is 23.5 Å². The molecule has 1 aliphatic rings. The van der Waals surface area contributed by atoms with Gasteiger partial charge >= 0.3 is 5.97 Å². The second-order valence-electron chi connectivity index (χ2n) is 5.26. The molecule has 2 heterocycles. The van der Waals surface area contributed by atoms with E-state index in [2.05, 4.69) is 15.5 Å². The first-order valence-corrected chi connectivity index (χ1v) is 7.58. The lowest BCUT2D eigenvalue weighted by atomic mass is 10.1. The molecule has 1 saturated heterocycles. The maximum atomic E-state index is 12.9. The Morgan fingerprint density at radius 1 is 1.42 bits per heavy atom. The monoisotopic (exact) mass is 351 g/mol. The highest BCUT2D eigenvalue weighted by Crippen LogP contribution is 2.22. The van der Waals surface area contributed by atoms with Crippen LogP contribution in [0.25, 0.3) is 5.69 Å². The van der Waals surface area contributed by atoms with Crippen molar-refractivity contribution in [2.75, 3.05) is 19.7 Å². The van der Waals surface area contributed by atoms with E-state index in [0.29, 0.717) is 22.8 Å². The van der Waals surface area contributed by atoms with Crippen molar-refractivity contribution in [1.29, 1.82) is 0 Å². The summed E-state index contributed by atoms with van der Waals surface area (Å²) in [6.07, 6.45) is 0.696. The predicted octanol–water partition coefficient (Wildman–Crippen LogP) is 0.631. The highest BCUT2D eigenvalue weighted by Gasteiger charge is 2.28. The molecule has 3 rings (SSSR count). The molecule has 1 atom stereocenters. The molecule has 0 spiro atoms. The number of hydrogen-bond donors (Lipinski definition) is 1. The number of hydrogen-bond acceptors (Lipinski definition) is 6. The van der Waals surface area contributed by atoms with Gasteiger partial charge in [-0.15, -0.1) is 5.10 Å². The second-order valence-corrected chi connectivity index (χ2v) is 5.69. The number of halogens is 1. The lowest BCUT2D eigenvalue weighted by Gasteiger charge is -2.32. The molecule has 1 amide bonds. The Morgan fingerprint density at radius 2 is 2.25 bits per heavy atom. The van der Waals surface area contributed by atoms with E-state index in [4.69, 9.17) is 21.4 Å². The van der Waals surface area contributed by atoms with Crippen LogP contribution in [0.2, 0.25) is 5.02 Å². The molecule has 126 valence electrons. The molecular weight excluding hydrogens is 338 g/mol. The van der Waals surface area contributed by atoms with E-state index in [0.717, 1.165) is 0 Å². The zero-order valence-electron chi connectivity index (χ0n) is 12.5. The maximum absolute atomic E-state index is 12.9. The SMILES string of the molecule is O=C(O)CC1CN(C(=O)c2cc(Cl)ccc2-n2cnnn2)CCO1. The standard InChI is InChI=1S/C14H14ClN5O4/c15-9-1-2-12(20-8-16-17-18-20)11(5-9)14(23)19-3-4-24-10(7-19)6-13(21)22/h1-2,5,8,10H,3-4,6-7H2,(H,21,22). The third kappa shape index (κ3) is 3.52. The van der Waals surface area contributed by atoms with Gasteiger partial charge in [0.25, 0.3) is 5.91 Å². The van der Waals surface area contributed by atoms with Crippen molar-refractivity contribution in [3.8, 4) is 5.69 Å².